The first-order chi connectivity index (χ1) is 10.3. The lowest BCUT2D eigenvalue weighted by molar-refractivity contribution is -0.00145. The van der Waals surface area contributed by atoms with Crippen LogP contribution in [0.5, 0.6) is 0 Å². The minimum absolute atomic E-state index is 0.0325. The number of aromatic nitrogens is 2. The van der Waals surface area contributed by atoms with Gasteiger partial charge in [0.15, 0.2) is 0 Å². The molecule has 1 aromatic rings. The van der Waals surface area contributed by atoms with E-state index < -0.39 is 0 Å². The normalized spacial score (nSPS) is 28.9. The fraction of sp³-hybridized carbons (Fsp3) is 0.867. The summed E-state index contributed by atoms with van der Waals surface area (Å²) in [6.07, 6.45) is 6.43. The maximum atomic E-state index is 9.59. The van der Waals surface area contributed by atoms with Crippen LogP contribution in [0, 0.1) is 5.92 Å². The summed E-state index contributed by atoms with van der Waals surface area (Å²) in [5, 5.41) is 16.9. The summed E-state index contributed by atoms with van der Waals surface area (Å²) < 4.78 is 11.3. The molecule has 3 atom stereocenters. The highest BCUT2D eigenvalue weighted by atomic mass is 16.5. The summed E-state index contributed by atoms with van der Waals surface area (Å²) in [5.74, 6) is 1.73. The second-order valence-electron chi connectivity index (χ2n) is 6.12. The Kier molecular flexibility index (Phi) is 4.87. The van der Waals surface area contributed by atoms with Gasteiger partial charge in [-0.05, 0) is 32.1 Å². The van der Waals surface area contributed by atoms with Gasteiger partial charge < -0.3 is 19.7 Å². The lowest BCUT2D eigenvalue weighted by atomic mass is 9.85. The predicted molar refractivity (Wildman–Crippen MR) is 76.6 cm³/mol. The van der Waals surface area contributed by atoms with Crippen molar-refractivity contribution in [3.63, 3.8) is 0 Å². The Morgan fingerprint density at radius 1 is 1.38 bits per heavy atom. The number of nitrogens with zero attached hydrogens (tertiary/aromatic N) is 2. The Bertz CT molecular complexity index is 445. The average Bonchev–Trinajstić information content (AvgIpc) is 3.14. The van der Waals surface area contributed by atoms with Gasteiger partial charge in [-0.15, -0.1) is 0 Å². The molecule has 118 valence electrons. The van der Waals surface area contributed by atoms with Crippen LogP contribution in [-0.4, -0.2) is 34.5 Å². The highest BCUT2D eigenvalue weighted by Crippen LogP contribution is 2.36. The van der Waals surface area contributed by atoms with Crippen molar-refractivity contribution >= 4 is 0 Å². The van der Waals surface area contributed by atoms with Crippen LogP contribution in [0.4, 0.5) is 0 Å². The molecule has 1 aliphatic carbocycles. The summed E-state index contributed by atoms with van der Waals surface area (Å²) >= 11 is 0. The van der Waals surface area contributed by atoms with E-state index in [0.29, 0.717) is 37.2 Å². The SMILES string of the molecule is CCOC(c1noc([C@@H]2C[C@@H](O)CN2)n1)C1CCCCC1. The number of hydrogen-bond donors (Lipinski definition) is 2. The average molecular weight is 295 g/mol. The van der Waals surface area contributed by atoms with E-state index in [2.05, 4.69) is 15.5 Å². The molecule has 1 saturated carbocycles. The predicted octanol–water partition coefficient (Wildman–Crippen LogP) is 2.12. The van der Waals surface area contributed by atoms with Gasteiger partial charge in [0.25, 0.3) is 0 Å². The molecule has 6 nitrogen and oxygen atoms in total. The van der Waals surface area contributed by atoms with E-state index >= 15 is 0 Å². The lowest BCUT2D eigenvalue weighted by Crippen LogP contribution is -2.20. The first kappa shape index (κ1) is 14.9. The summed E-state index contributed by atoms with van der Waals surface area (Å²) in [7, 11) is 0. The van der Waals surface area contributed by atoms with Gasteiger partial charge in [0, 0.05) is 13.2 Å². The van der Waals surface area contributed by atoms with Crippen molar-refractivity contribution in [2.24, 2.45) is 5.92 Å². The highest BCUT2D eigenvalue weighted by molar-refractivity contribution is 5.01. The molecule has 6 heteroatoms. The van der Waals surface area contributed by atoms with Crippen LogP contribution in [0.1, 0.15) is 69.3 Å². The number of nitrogens with one attached hydrogen (secondary N) is 1. The molecule has 2 N–H and O–H groups in total. The van der Waals surface area contributed by atoms with E-state index in [0.717, 1.165) is 0 Å². The van der Waals surface area contributed by atoms with Crippen LogP contribution < -0.4 is 5.32 Å². The first-order valence-corrected chi connectivity index (χ1v) is 8.14. The number of ether oxygens (including phenoxy) is 1. The van der Waals surface area contributed by atoms with Gasteiger partial charge in [-0.1, -0.05) is 24.4 Å². The fourth-order valence-electron chi connectivity index (χ4n) is 3.45. The number of aliphatic hydroxyl groups is 1. The van der Waals surface area contributed by atoms with Crippen LogP contribution in [-0.2, 0) is 4.74 Å². The van der Waals surface area contributed by atoms with Crippen LogP contribution >= 0.6 is 0 Å². The lowest BCUT2D eigenvalue weighted by Gasteiger charge is -2.27. The van der Waals surface area contributed by atoms with Crippen LogP contribution in [0.2, 0.25) is 0 Å². The van der Waals surface area contributed by atoms with Crippen LogP contribution in [0.25, 0.3) is 0 Å². The van der Waals surface area contributed by atoms with E-state index in [-0.39, 0.29) is 18.2 Å². The van der Waals surface area contributed by atoms with Gasteiger partial charge in [0.1, 0.15) is 6.10 Å². The fourth-order valence-corrected chi connectivity index (χ4v) is 3.45. The Balaban J connectivity index is 1.71. The van der Waals surface area contributed by atoms with Crippen LogP contribution in [0.3, 0.4) is 0 Å². The molecule has 1 aromatic heterocycles. The standard InChI is InChI=1S/C15H25N3O3/c1-2-20-13(10-6-4-3-5-7-10)14-17-15(21-18-14)12-8-11(19)9-16-12/h10-13,16,19H,2-9H2,1H3/t11-,12+,13?/m1/s1. The smallest absolute Gasteiger partial charge is 0.243 e. The third kappa shape index (κ3) is 3.44. The van der Waals surface area contributed by atoms with Gasteiger partial charge >= 0.3 is 0 Å². The molecule has 2 aliphatic rings. The Hall–Kier alpha value is -0.980. The van der Waals surface area contributed by atoms with Gasteiger partial charge in [-0.2, -0.15) is 4.98 Å². The molecule has 1 unspecified atom stereocenters. The van der Waals surface area contributed by atoms with E-state index in [1.165, 1.54) is 32.1 Å². The van der Waals surface area contributed by atoms with Crippen molar-refractivity contribution in [2.45, 2.75) is 63.7 Å². The van der Waals surface area contributed by atoms with E-state index in [4.69, 9.17) is 9.26 Å². The zero-order valence-electron chi connectivity index (χ0n) is 12.6. The third-order valence-corrected chi connectivity index (χ3v) is 4.54. The van der Waals surface area contributed by atoms with Crippen molar-refractivity contribution in [3.05, 3.63) is 11.7 Å². The van der Waals surface area contributed by atoms with Gasteiger partial charge in [-0.25, -0.2) is 0 Å². The summed E-state index contributed by atoms with van der Waals surface area (Å²) in [4.78, 5) is 4.54. The third-order valence-electron chi connectivity index (χ3n) is 4.54. The monoisotopic (exact) mass is 295 g/mol. The van der Waals surface area contributed by atoms with Crippen molar-refractivity contribution in [2.75, 3.05) is 13.2 Å². The number of hydrogen-bond acceptors (Lipinski definition) is 6. The molecule has 2 fully saturated rings. The summed E-state index contributed by atoms with van der Waals surface area (Å²) in [6, 6.07) is -0.0325. The zero-order valence-corrected chi connectivity index (χ0v) is 12.6. The topological polar surface area (TPSA) is 80.4 Å². The Labute approximate surface area is 125 Å². The molecule has 21 heavy (non-hydrogen) atoms. The molecule has 0 bridgehead atoms. The summed E-state index contributed by atoms with van der Waals surface area (Å²) in [6.45, 7) is 3.25. The quantitative estimate of drug-likeness (QED) is 0.866. The van der Waals surface area contributed by atoms with Crippen molar-refractivity contribution in [1.29, 1.82) is 0 Å². The molecule has 1 aliphatic heterocycles. The molecule has 0 amide bonds. The van der Waals surface area contributed by atoms with Gasteiger partial charge in [0.2, 0.25) is 11.7 Å². The van der Waals surface area contributed by atoms with E-state index in [1.54, 1.807) is 0 Å². The van der Waals surface area contributed by atoms with Crippen LogP contribution in [0.15, 0.2) is 4.52 Å². The molecule has 2 heterocycles. The second kappa shape index (κ2) is 6.85. The maximum Gasteiger partial charge on any atom is 0.243 e. The maximum absolute atomic E-state index is 9.59. The molecule has 1 saturated heterocycles. The molecule has 0 radical (unpaired) electrons. The van der Waals surface area contributed by atoms with E-state index in [1.807, 2.05) is 6.92 Å². The number of β-amino-alcohol motifs (C(OH)–C–C–N with tert-alkyl or cyclic N) is 1. The Morgan fingerprint density at radius 3 is 2.86 bits per heavy atom. The van der Waals surface area contributed by atoms with E-state index in [9.17, 15) is 5.11 Å². The highest BCUT2D eigenvalue weighted by Gasteiger charge is 2.32. The second-order valence-corrected chi connectivity index (χ2v) is 6.12. The first-order valence-electron chi connectivity index (χ1n) is 8.14. The molecule has 0 spiro atoms. The molecule has 0 aromatic carbocycles. The zero-order chi connectivity index (χ0) is 14.7. The number of aliphatic hydroxyl groups excluding tert-OH is 1. The number of rotatable bonds is 5. The summed E-state index contributed by atoms with van der Waals surface area (Å²) in [5.41, 5.74) is 0. The molecular formula is C15H25N3O3. The van der Waals surface area contributed by atoms with Gasteiger partial charge in [0.05, 0.1) is 12.1 Å². The van der Waals surface area contributed by atoms with Crippen molar-refractivity contribution in [1.82, 2.24) is 15.5 Å². The van der Waals surface area contributed by atoms with Crippen molar-refractivity contribution < 1.29 is 14.4 Å². The molecular weight excluding hydrogens is 270 g/mol. The largest absolute Gasteiger partial charge is 0.392 e. The van der Waals surface area contributed by atoms with Crippen molar-refractivity contribution in [3.8, 4) is 0 Å². The minimum atomic E-state index is -0.327. The molecule has 3 rings (SSSR count). The minimum Gasteiger partial charge on any atom is -0.392 e. The Morgan fingerprint density at radius 2 is 2.19 bits per heavy atom. The van der Waals surface area contributed by atoms with Gasteiger partial charge in [-0.3, -0.25) is 0 Å².